The number of carbonyl (C=O) groups excluding carboxylic acids is 1. The molecule has 0 aromatic carbocycles. The van der Waals surface area contributed by atoms with E-state index < -0.39 is 0 Å². The zero-order chi connectivity index (χ0) is 14.6. The first-order valence-electron chi connectivity index (χ1n) is 8.40. The van der Waals surface area contributed by atoms with Gasteiger partial charge in [0.15, 0.2) is 0 Å². The lowest BCUT2D eigenvalue weighted by Crippen LogP contribution is -2.54. The van der Waals surface area contributed by atoms with Crippen molar-refractivity contribution in [3.8, 4) is 0 Å². The number of carbonyl (C=O) groups is 1. The number of halogens is 2. The topological polar surface area (TPSA) is 49.6 Å². The van der Waals surface area contributed by atoms with Crippen LogP contribution in [0.5, 0.6) is 0 Å². The molecule has 4 nitrogen and oxygen atoms in total. The molecule has 2 N–H and O–H groups in total. The van der Waals surface area contributed by atoms with Gasteiger partial charge in [0.25, 0.3) is 0 Å². The van der Waals surface area contributed by atoms with Gasteiger partial charge in [-0.1, -0.05) is 13.8 Å². The van der Waals surface area contributed by atoms with Crippen LogP contribution in [0.15, 0.2) is 0 Å². The second-order valence-electron chi connectivity index (χ2n) is 6.48. The van der Waals surface area contributed by atoms with Gasteiger partial charge in [-0.15, -0.1) is 24.8 Å². The number of nitrogens with zero attached hydrogens (tertiary/aromatic N) is 2. The van der Waals surface area contributed by atoms with Crippen molar-refractivity contribution in [3.63, 3.8) is 0 Å². The molecule has 132 valence electrons. The average molecular weight is 354 g/mol. The Kier molecular flexibility index (Phi) is 9.95. The molecule has 1 atom stereocenters. The monoisotopic (exact) mass is 353 g/mol. The van der Waals surface area contributed by atoms with E-state index in [1.54, 1.807) is 0 Å². The van der Waals surface area contributed by atoms with Gasteiger partial charge in [-0.3, -0.25) is 9.69 Å². The van der Waals surface area contributed by atoms with Crippen molar-refractivity contribution >= 4 is 30.7 Å². The molecule has 0 radical (unpaired) electrons. The first kappa shape index (κ1) is 22.0. The lowest BCUT2D eigenvalue weighted by molar-refractivity contribution is -0.144. The lowest BCUT2D eigenvalue weighted by Gasteiger charge is -2.42. The highest BCUT2D eigenvalue weighted by Crippen LogP contribution is 2.30. The molecule has 0 aromatic rings. The van der Waals surface area contributed by atoms with E-state index in [4.69, 9.17) is 5.73 Å². The lowest BCUT2D eigenvalue weighted by atomic mass is 9.80. The van der Waals surface area contributed by atoms with Crippen molar-refractivity contribution in [2.75, 3.05) is 32.7 Å². The van der Waals surface area contributed by atoms with E-state index in [9.17, 15) is 4.79 Å². The second kappa shape index (κ2) is 9.96. The number of likely N-dealkylation sites (tertiary alicyclic amines) is 2. The smallest absolute Gasteiger partial charge is 0.230 e. The molecular weight excluding hydrogens is 321 g/mol. The van der Waals surface area contributed by atoms with Gasteiger partial charge in [-0.2, -0.15) is 0 Å². The van der Waals surface area contributed by atoms with Gasteiger partial charge in [0.05, 0.1) is 5.41 Å². The summed E-state index contributed by atoms with van der Waals surface area (Å²) in [5.74, 6) is 0.300. The maximum atomic E-state index is 12.9. The van der Waals surface area contributed by atoms with Gasteiger partial charge in [0, 0.05) is 25.7 Å². The molecule has 0 spiro atoms. The minimum atomic E-state index is -0.326. The number of nitrogens with two attached hydrogens (primary N) is 1. The fourth-order valence-corrected chi connectivity index (χ4v) is 3.81. The molecule has 1 unspecified atom stereocenters. The molecule has 22 heavy (non-hydrogen) atoms. The maximum Gasteiger partial charge on any atom is 0.230 e. The van der Waals surface area contributed by atoms with Crippen LogP contribution in [0.25, 0.3) is 0 Å². The summed E-state index contributed by atoms with van der Waals surface area (Å²) in [5, 5.41) is 0. The van der Waals surface area contributed by atoms with E-state index in [-0.39, 0.29) is 30.2 Å². The minimum Gasteiger partial charge on any atom is -0.341 e. The SMILES string of the molecule is CCC(CC)(CN)C(=O)N1CCCC(N2CCCC2)C1.Cl.Cl. The molecule has 0 aliphatic carbocycles. The summed E-state index contributed by atoms with van der Waals surface area (Å²) in [6, 6.07) is 0.583. The van der Waals surface area contributed by atoms with Crippen LogP contribution in [-0.4, -0.2) is 54.5 Å². The zero-order valence-corrected chi connectivity index (χ0v) is 15.7. The second-order valence-corrected chi connectivity index (χ2v) is 6.48. The van der Waals surface area contributed by atoms with Crippen molar-refractivity contribution in [3.05, 3.63) is 0 Å². The molecule has 2 rings (SSSR count). The van der Waals surface area contributed by atoms with Crippen molar-refractivity contribution in [2.45, 2.75) is 58.4 Å². The fraction of sp³-hybridized carbons (Fsp3) is 0.938. The normalized spacial score (nSPS) is 22.9. The number of hydrogen-bond donors (Lipinski definition) is 1. The first-order chi connectivity index (χ1) is 9.66. The molecule has 0 saturated carbocycles. The van der Waals surface area contributed by atoms with Gasteiger partial charge in [0.1, 0.15) is 0 Å². The third-order valence-corrected chi connectivity index (χ3v) is 5.54. The van der Waals surface area contributed by atoms with E-state index in [0.717, 1.165) is 32.4 Å². The van der Waals surface area contributed by atoms with Crippen molar-refractivity contribution < 1.29 is 4.79 Å². The number of piperidine rings is 1. The Balaban J connectivity index is 0.00000220. The number of hydrogen-bond acceptors (Lipinski definition) is 3. The quantitative estimate of drug-likeness (QED) is 0.826. The van der Waals surface area contributed by atoms with Crippen molar-refractivity contribution in [1.29, 1.82) is 0 Å². The summed E-state index contributed by atoms with van der Waals surface area (Å²) < 4.78 is 0. The van der Waals surface area contributed by atoms with E-state index >= 15 is 0 Å². The molecule has 2 saturated heterocycles. The molecule has 2 fully saturated rings. The molecule has 0 aromatic heterocycles. The van der Waals surface area contributed by atoms with E-state index in [1.165, 1.54) is 32.4 Å². The third-order valence-electron chi connectivity index (χ3n) is 5.54. The van der Waals surface area contributed by atoms with E-state index in [0.29, 0.717) is 18.5 Å². The highest BCUT2D eigenvalue weighted by Gasteiger charge is 2.39. The van der Waals surface area contributed by atoms with Crippen LogP contribution in [0.4, 0.5) is 0 Å². The Morgan fingerprint density at radius 2 is 1.68 bits per heavy atom. The predicted molar refractivity (Wildman–Crippen MR) is 97.0 cm³/mol. The summed E-state index contributed by atoms with van der Waals surface area (Å²) in [7, 11) is 0. The highest BCUT2D eigenvalue weighted by atomic mass is 35.5. The Hall–Kier alpha value is -0.0300. The maximum absolute atomic E-state index is 12.9. The van der Waals surface area contributed by atoms with E-state index in [2.05, 4.69) is 23.6 Å². The summed E-state index contributed by atoms with van der Waals surface area (Å²) in [4.78, 5) is 17.6. The molecule has 2 aliphatic rings. The van der Waals surface area contributed by atoms with E-state index in [1.807, 2.05) is 0 Å². The van der Waals surface area contributed by atoms with Crippen LogP contribution in [0.3, 0.4) is 0 Å². The van der Waals surface area contributed by atoms with Gasteiger partial charge in [0.2, 0.25) is 5.91 Å². The predicted octanol–water partition coefficient (Wildman–Crippen LogP) is 2.68. The highest BCUT2D eigenvalue weighted by molar-refractivity contribution is 5.85. The van der Waals surface area contributed by atoms with Crippen LogP contribution in [0.2, 0.25) is 0 Å². The largest absolute Gasteiger partial charge is 0.341 e. The summed E-state index contributed by atoms with van der Waals surface area (Å²) in [6.07, 6.45) is 6.73. The molecule has 1 amide bonds. The Bertz CT molecular complexity index is 323. The minimum absolute atomic E-state index is 0. The summed E-state index contributed by atoms with van der Waals surface area (Å²) in [5.41, 5.74) is 5.61. The molecule has 6 heteroatoms. The van der Waals surface area contributed by atoms with Crippen LogP contribution in [-0.2, 0) is 4.79 Å². The molecule has 2 heterocycles. The standard InChI is InChI=1S/C16H31N3O.2ClH/c1-3-16(4-2,13-17)15(20)19-11-7-8-14(12-19)18-9-5-6-10-18;;/h14H,3-13,17H2,1-2H3;2*1H. The summed E-state index contributed by atoms with van der Waals surface area (Å²) >= 11 is 0. The van der Waals surface area contributed by atoms with Gasteiger partial charge in [-0.25, -0.2) is 0 Å². The van der Waals surface area contributed by atoms with Gasteiger partial charge in [-0.05, 0) is 51.6 Å². The third kappa shape index (κ3) is 4.50. The Morgan fingerprint density at radius 1 is 1.09 bits per heavy atom. The Morgan fingerprint density at radius 3 is 2.18 bits per heavy atom. The fourth-order valence-electron chi connectivity index (χ4n) is 3.81. The number of amides is 1. The first-order valence-corrected chi connectivity index (χ1v) is 8.40. The van der Waals surface area contributed by atoms with Crippen LogP contribution in [0, 0.1) is 5.41 Å². The average Bonchev–Trinajstić information content (AvgIpc) is 3.04. The zero-order valence-electron chi connectivity index (χ0n) is 14.1. The van der Waals surface area contributed by atoms with Crippen molar-refractivity contribution in [2.24, 2.45) is 11.1 Å². The number of rotatable bonds is 5. The van der Waals surface area contributed by atoms with Crippen LogP contribution >= 0.6 is 24.8 Å². The van der Waals surface area contributed by atoms with Crippen LogP contribution in [0.1, 0.15) is 52.4 Å². The van der Waals surface area contributed by atoms with Crippen molar-refractivity contribution in [1.82, 2.24) is 9.80 Å². The molecular formula is C16H33Cl2N3O. The molecule has 0 bridgehead atoms. The van der Waals surface area contributed by atoms with Gasteiger partial charge >= 0.3 is 0 Å². The van der Waals surface area contributed by atoms with Crippen LogP contribution < -0.4 is 5.73 Å². The molecule has 2 aliphatic heterocycles. The Labute approximate surface area is 148 Å². The van der Waals surface area contributed by atoms with Gasteiger partial charge < -0.3 is 10.6 Å². The summed E-state index contributed by atoms with van der Waals surface area (Å²) in [6.45, 7) is 8.94.